The van der Waals surface area contributed by atoms with E-state index < -0.39 is 40.8 Å². The number of carbonyl (C=O) groups excluding carboxylic acids is 3. The van der Waals surface area contributed by atoms with Crippen molar-refractivity contribution < 1.29 is 23.9 Å². The number of alkyl carbamates (subject to hydrolysis) is 1. The molecule has 0 bridgehead atoms. The molecule has 0 fully saturated rings. The monoisotopic (exact) mass is 404 g/mol. The van der Waals surface area contributed by atoms with E-state index in [2.05, 4.69) is 5.32 Å². The van der Waals surface area contributed by atoms with Gasteiger partial charge in [0, 0.05) is 0 Å². The van der Waals surface area contributed by atoms with Crippen LogP contribution in [0.15, 0.2) is 24.3 Å². The third kappa shape index (κ3) is 4.71. The van der Waals surface area contributed by atoms with Crippen molar-refractivity contribution in [3.8, 4) is 0 Å². The number of rotatable bonds is 3. The summed E-state index contributed by atoms with van der Waals surface area (Å²) in [6, 6.07) is 6.51. The number of fused-ring (bicyclic) bond motifs is 1. The molecule has 0 aliphatic carbocycles. The molecule has 1 aromatic carbocycles. The third-order valence-corrected chi connectivity index (χ3v) is 4.72. The van der Waals surface area contributed by atoms with Crippen molar-refractivity contribution in [1.82, 2.24) is 5.32 Å². The Balaban J connectivity index is 2.44. The van der Waals surface area contributed by atoms with Crippen LogP contribution in [0.3, 0.4) is 0 Å². The molecule has 1 aliphatic rings. The van der Waals surface area contributed by atoms with Crippen LogP contribution in [0.25, 0.3) is 0 Å². The summed E-state index contributed by atoms with van der Waals surface area (Å²) in [5.74, 6) is -0.434. The lowest BCUT2D eigenvalue weighted by molar-refractivity contribution is -0.123. The maximum absolute atomic E-state index is 13.5. The summed E-state index contributed by atoms with van der Waals surface area (Å²) in [7, 11) is 0. The van der Waals surface area contributed by atoms with Crippen LogP contribution in [0.4, 0.5) is 15.3 Å². The second-order valence-electron chi connectivity index (χ2n) is 9.45. The summed E-state index contributed by atoms with van der Waals surface area (Å²) in [5, 5.41) is 2.82. The first-order valence-electron chi connectivity index (χ1n) is 9.87. The molecule has 1 aromatic rings. The first kappa shape index (κ1) is 22.7. The zero-order valence-corrected chi connectivity index (χ0v) is 18.6. The predicted molar refractivity (Wildman–Crippen MR) is 111 cm³/mol. The largest absolute Gasteiger partial charge is 0.444 e. The molecule has 0 spiro atoms. The highest BCUT2D eigenvalue weighted by Crippen LogP contribution is 2.45. The SMILES string of the molecule is CC[C@H](NC(=O)OC(C)(C)C)[C@]1(C)C(=O)N(C(=O)OC(C)(C)C)c2ccccc21. The van der Waals surface area contributed by atoms with Crippen molar-refractivity contribution in [2.75, 3.05) is 4.90 Å². The Morgan fingerprint density at radius 3 is 2.14 bits per heavy atom. The molecular formula is C22H32N2O5. The van der Waals surface area contributed by atoms with Crippen LogP contribution in [0.2, 0.25) is 0 Å². The van der Waals surface area contributed by atoms with Gasteiger partial charge in [0.1, 0.15) is 11.2 Å². The number of hydrogen-bond donors (Lipinski definition) is 1. The maximum atomic E-state index is 13.5. The smallest absolute Gasteiger partial charge is 0.421 e. The summed E-state index contributed by atoms with van der Waals surface area (Å²) in [4.78, 5) is 39.8. The molecule has 0 saturated carbocycles. The lowest BCUT2D eigenvalue weighted by Crippen LogP contribution is -2.55. The lowest BCUT2D eigenvalue weighted by atomic mass is 9.75. The second-order valence-corrected chi connectivity index (χ2v) is 9.45. The number of benzene rings is 1. The fraction of sp³-hybridized carbons (Fsp3) is 0.591. The van der Waals surface area contributed by atoms with E-state index in [1.54, 1.807) is 66.7 Å². The molecule has 0 radical (unpaired) electrons. The average Bonchev–Trinajstić information content (AvgIpc) is 2.78. The van der Waals surface area contributed by atoms with Gasteiger partial charge in [0.2, 0.25) is 5.91 Å². The number of carbonyl (C=O) groups is 3. The van der Waals surface area contributed by atoms with E-state index in [4.69, 9.17) is 9.47 Å². The number of nitrogens with zero attached hydrogens (tertiary/aromatic N) is 1. The molecule has 3 amide bonds. The molecule has 29 heavy (non-hydrogen) atoms. The van der Waals surface area contributed by atoms with E-state index in [1.165, 1.54) is 0 Å². The molecule has 1 heterocycles. The van der Waals surface area contributed by atoms with Crippen molar-refractivity contribution in [1.29, 1.82) is 0 Å². The standard InChI is InChI=1S/C22H32N2O5/c1-9-16(23-18(26)28-20(2,3)4)22(8)14-12-10-11-13-15(14)24(17(22)25)19(27)29-21(5,6)7/h10-13,16H,9H2,1-8H3,(H,23,26)/t16-,22+/m0/s1. The topological polar surface area (TPSA) is 84.9 Å². The Morgan fingerprint density at radius 2 is 1.62 bits per heavy atom. The number of hydrogen-bond acceptors (Lipinski definition) is 5. The fourth-order valence-electron chi connectivity index (χ4n) is 3.49. The van der Waals surface area contributed by atoms with Gasteiger partial charge in [-0.2, -0.15) is 0 Å². The number of para-hydroxylation sites is 1. The Labute approximate surface area is 172 Å². The molecule has 160 valence electrons. The van der Waals surface area contributed by atoms with Gasteiger partial charge in [-0.1, -0.05) is 25.1 Å². The van der Waals surface area contributed by atoms with Crippen LogP contribution in [0.1, 0.15) is 67.4 Å². The molecule has 7 heteroatoms. The van der Waals surface area contributed by atoms with Gasteiger partial charge in [0.25, 0.3) is 0 Å². The summed E-state index contributed by atoms with van der Waals surface area (Å²) in [5.41, 5.74) is -1.41. The van der Waals surface area contributed by atoms with Gasteiger partial charge < -0.3 is 14.8 Å². The molecule has 0 unspecified atom stereocenters. The molecule has 0 saturated heterocycles. The predicted octanol–water partition coefficient (Wildman–Crippen LogP) is 4.53. The van der Waals surface area contributed by atoms with Gasteiger partial charge in [0.05, 0.1) is 17.1 Å². The lowest BCUT2D eigenvalue weighted by Gasteiger charge is -2.34. The van der Waals surface area contributed by atoms with E-state index in [-0.39, 0.29) is 0 Å². The van der Waals surface area contributed by atoms with Crippen LogP contribution in [0.5, 0.6) is 0 Å². The van der Waals surface area contributed by atoms with Crippen molar-refractivity contribution >= 4 is 23.8 Å². The van der Waals surface area contributed by atoms with Gasteiger partial charge in [-0.25, -0.2) is 14.5 Å². The van der Waals surface area contributed by atoms with Crippen LogP contribution in [-0.2, 0) is 19.7 Å². The molecule has 7 nitrogen and oxygen atoms in total. The van der Waals surface area contributed by atoms with Crippen LogP contribution < -0.4 is 10.2 Å². The minimum Gasteiger partial charge on any atom is -0.444 e. The Bertz CT molecular complexity index is 806. The highest BCUT2D eigenvalue weighted by atomic mass is 16.6. The second kappa shape index (κ2) is 7.69. The summed E-state index contributed by atoms with van der Waals surface area (Å²) in [6.45, 7) is 14.2. The number of amides is 3. The number of imide groups is 1. The summed E-state index contributed by atoms with van der Waals surface area (Å²) < 4.78 is 10.8. The van der Waals surface area contributed by atoms with Crippen LogP contribution >= 0.6 is 0 Å². The van der Waals surface area contributed by atoms with Gasteiger partial charge in [-0.3, -0.25) is 4.79 Å². The molecule has 0 aromatic heterocycles. The molecule has 2 atom stereocenters. The zero-order chi connectivity index (χ0) is 22.2. The fourth-order valence-corrected chi connectivity index (χ4v) is 3.49. The summed E-state index contributed by atoms with van der Waals surface area (Å²) >= 11 is 0. The molecular weight excluding hydrogens is 372 g/mol. The first-order valence-corrected chi connectivity index (χ1v) is 9.87. The van der Waals surface area contributed by atoms with E-state index in [9.17, 15) is 14.4 Å². The van der Waals surface area contributed by atoms with E-state index >= 15 is 0 Å². The van der Waals surface area contributed by atoms with E-state index in [0.717, 1.165) is 4.90 Å². The molecule has 1 N–H and O–H groups in total. The van der Waals surface area contributed by atoms with Gasteiger partial charge in [-0.05, 0) is 66.5 Å². The van der Waals surface area contributed by atoms with Crippen LogP contribution in [0, 0.1) is 0 Å². The molecule has 2 rings (SSSR count). The highest BCUT2D eigenvalue weighted by Gasteiger charge is 2.55. The summed E-state index contributed by atoms with van der Waals surface area (Å²) in [6.07, 6.45) is -0.866. The van der Waals surface area contributed by atoms with Crippen LogP contribution in [-0.4, -0.2) is 35.3 Å². The Hall–Kier alpha value is -2.57. The van der Waals surface area contributed by atoms with E-state index in [0.29, 0.717) is 17.7 Å². The minimum absolute atomic E-state index is 0.434. The van der Waals surface area contributed by atoms with Crippen molar-refractivity contribution in [3.63, 3.8) is 0 Å². The van der Waals surface area contributed by atoms with Crippen molar-refractivity contribution in [3.05, 3.63) is 29.8 Å². The Morgan fingerprint density at radius 1 is 1.07 bits per heavy atom. The van der Waals surface area contributed by atoms with Gasteiger partial charge >= 0.3 is 12.2 Å². The maximum Gasteiger partial charge on any atom is 0.421 e. The number of nitrogens with one attached hydrogen (secondary N) is 1. The van der Waals surface area contributed by atoms with E-state index in [1.807, 2.05) is 13.0 Å². The zero-order valence-electron chi connectivity index (χ0n) is 18.6. The molecule has 1 aliphatic heterocycles. The third-order valence-electron chi connectivity index (χ3n) is 4.72. The highest BCUT2D eigenvalue weighted by molar-refractivity contribution is 6.21. The first-order chi connectivity index (χ1) is 13.2. The average molecular weight is 405 g/mol. The normalized spacial score (nSPS) is 20.1. The Kier molecular flexibility index (Phi) is 6.02. The van der Waals surface area contributed by atoms with Crippen molar-refractivity contribution in [2.24, 2.45) is 0 Å². The minimum atomic E-state index is -1.14. The van der Waals surface area contributed by atoms with Gasteiger partial charge in [-0.15, -0.1) is 0 Å². The quantitative estimate of drug-likeness (QED) is 0.800. The van der Waals surface area contributed by atoms with Crippen molar-refractivity contribution in [2.45, 2.75) is 84.5 Å². The number of anilines is 1. The van der Waals surface area contributed by atoms with Gasteiger partial charge in [0.15, 0.2) is 0 Å². The number of ether oxygens (including phenoxy) is 2.